The molecule has 2 aromatic rings. The Morgan fingerprint density at radius 2 is 2.00 bits per heavy atom. The van der Waals surface area contributed by atoms with Crippen LogP contribution < -0.4 is 10.1 Å². The maximum absolute atomic E-state index is 13.3. The molecule has 0 saturated carbocycles. The number of hydrogen-bond acceptors (Lipinski definition) is 2. The Morgan fingerprint density at radius 1 is 1.19 bits per heavy atom. The standard InChI is InChI=1S/C17H19ClFNO/c1-3-16(12-6-5-7-13(19)10-12)20-14-8-9-17(21-4-2)15(18)11-14/h5-11,16,20H,3-4H2,1-2H3. The van der Waals surface area contributed by atoms with Gasteiger partial charge in [0.1, 0.15) is 11.6 Å². The highest BCUT2D eigenvalue weighted by Gasteiger charge is 2.11. The minimum absolute atomic E-state index is 0.0368. The summed E-state index contributed by atoms with van der Waals surface area (Å²) in [5.74, 6) is 0.445. The maximum Gasteiger partial charge on any atom is 0.138 e. The molecule has 4 heteroatoms. The van der Waals surface area contributed by atoms with E-state index >= 15 is 0 Å². The van der Waals surface area contributed by atoms with Crippen molar-refractivity contribution in [3.63, 3.8) is 0 Å². The summed E-state index contributed by atoms with van der Waals surface area (Å²) in [5.41, 5.74) is 1.81. The van der Waals surface area contributed by atoms with Gasteiger partial charge in [0.25, 0.3) is 0 Å². The van der Waals surface area contributed by atoms with Crippen molar-refractivity contribution in [2.45, 2.75) is 26.3 Å². The maximum atomic E-state index is 13.3. The first kappa shape index (κ1) is 15.6. The molecule has 1 atom stereocenters. The van der Waals surface area contributed by atoms with E-state index in [1.54, 1.807) is 12.1 Å². The third-order valence-corrected chi connectivity index (χ3v) is 3.53. The average molecular weight is 308 g/mol. The molecule has 0 aliphatic heterocycles. The molecule has 2 nitrogen and oxygen atoms in total. The zero-order valence-corrected chi connectivity index (χ0v) is 13.0. The zero-order chi connectivity index (χ0) is 15.2. The molecule has 0 amide bonds. The van der Waals surface area contributed by atoms with Gasteiger partial charge < -0.3 is 10.1 Å². The number of halogens is 2. The summed E-state index contributed by atoms with van der Waals surface area (Å²) >= 11 is 6.18. The van der Waals surface area contributed by atoms with Crippen molar-refractivity contribution in [3.8, 4) is 5.75 Å². The van der Waals surface area contributed by atoms with Gasteiger partial charge in [0.05, 0.1) is 17.7 Å². The Bertz CT molecular complexity index is 603. The van der Waals surface area contributed by atoms with Crippen molar-refractivity contribution in [2.75, 3.05) is 11.9 Å². The summed E-state index contributed by atoms with van der Waals surface area (Å²) in [7, 11) is 0. The van der Waals surface area contributed by atoms with Gasteiger partial charge in [-0.15, -0.1) is 0 Å². The Morgan fingerprint density at radius 3 is 2.62 bits per heavy atom. The molecule has 0 heterocycles. The van der Waals surface area contributed by atoms with E-state index in [0.717, 1.165) is 17.7 Å². The lowest BCUT2D eigenvalue weighted by atomic mass is 10.0. The first-order chi connectivity index (χ1) is 10.1. The largest absolute Gasteiger partial charge is 0.492 e. The molecular weight excluding hydrogens is 289 g/mol. The molecule has 0 fully saturated rings. The van der Waals surface area contributed by atoms with Crippen molar-refractivity contribution >= 4 is 17.3 Å². The van der Waals surface area contributed by atoms with Crippen LogP contribution in [-0.4, -0.2) is 6.61 Å². The van der Waals surface area contributed by atoms with Crippen molar-refractivity contribution in [2.24, 2.45) is 0 Å². The Balaban J connectivity index is 2.17. The normalized spacial score (nSPS) is 12.0. The molecule has 1 N–H and O–H groups in total. The van der Waals surface area contributed by atoms with E-state index in [2.05, 4.69) is 12.2 Å². The van der Waals surface area contributed by atoms with Crippen LogP contribution in [0.1, 0.15) is 31.9 Å². The van der Waals surface area contributed by atoms with Crippen LogP contribution in [0.4, 0.5) is 10.1 Å². The third kappa shape index (κ3) is 4.11. The van der Waals surface area contributed by atoms with Gasteiger partial charge in [-0.1, -0.05) is 30.7 Å². The molecule has 21 heavy (non-hydrogen) atoms. The van der Waals surface area contributed by atoms with Gasteiger partial charge in [-0.25, -0.2) is 4.39 Å². The van der Waals surface area contributed by atoms with Crippen molar-refractivity contribution in [3.05, 3.63) is 58.9 Å². The zero-order valence-electron chi connectivity index (χ0n) is 12.2. The molecule has 0 aromatic heterocycles. The van der Waals surface area contributed by atoms with Gasteiger partial charge in [0, 0.05) is 5.69 Å². The average Bonchev–Trinajstić information content (AvgIpc) is 2.47. The molecule has 112 valence electrons. The Labute approximate surface area is 129 Å². The molecule has 0 spiro atoms. The van der Waals surface area contributed by atoms with Crippen LogP contribution in [0.2, 0.25) is 5.02 Å². The van der Waals surface area contributed by atoms with E-state index in [0.29, 0.717) is 17.4 Å². The minimum Gasteiger partial charge on any atom is -0.492 e. The van der Waals surface area contributed by atoms with Crippen LogP contribution in [-0.2, 0) is 0 Å². The van der Waals surface area contributed by atoms with E-state index < -0.39 is 0 Å². The molecule has 1 unspecified atom stereocenters. The molecule has 0 radical (unpaired) electrons. The molecular formula is C17H19ClFNO. The molecule has 2 rings (SSSR count). The highest BCUT2D eigenvalue weighted by molar-refractivity contribution is 6.32. The van der Waals surface area contributed by atoms with E-state index in [9.17, 15) is 4.39 Å². The third-order valence-electron chi connectivity index (χ3n) is 3.23. The molecule has 0 aliphatic rings. The monoisotopic (exact) mass is 307 g/mol. The number of hydrogen-bond donors (Lipinski definition) is 1. The number of nitrogens with one attached hydrogen (secondary N) is 1. The van der Waals surface area contributed by atoms with Crippen molar-refractivity contribution in [1.82, 2.24) is 0 Å². The number of anilines is 1. The molecule has 0 saturated heterocycles. The van der Waals surface area contributed by atoms with Gasteiger partial charge in [0.2, 0.25) is 0 Å². The fraction of sp³-hybridized carbons (Fsp3) is 0.294. The second-order valence-electron chi connectivity index (χ2n) is 4.74. The fourth-order valence-electron chi connectivity index (χ4n) is 2.21. The van der Waals surface area contributed by atoms with Crippen LogP contribution in [0, 0.1) is 5.82 Å². The van der Waals surface area contributed by atoms with E-state index in [1.807, 2.05) is 31.2 Å². The second-order valence-corrected chi connectivity index (χ2v) is 5.15. The van der Waals surface area contributed by atoms with Crippen molar-refractivity contribution in [1.29, 1.82) is 0 Å². The number of ether oxygens (including phenoxy) is 1. The fourth-order valence-corrected chi connectivity index (χ4v) is 2.44. The lowest BCUT2D eigenvalue weighted by Gasteiger charge is -2.19. The Hall–Kier alpha value is -1.74. The van der Waals surface area contributed by atoms with Crippen LogP contribution >= 0.6 is 11.6 Å². The van der Waals surface area contributed by atoms with Gasteiger partial charge in [-0.2, -0.15) is 0 Å². The predicted octanol–water partition coefficient (Wildman–Crippen LogP) is 5.44. The molecule has 0 bridgehead atoms. The highest BCUT2D eigenvalue weighted by Crippen LogP contribution is 2.30. The first-order valence-corrected chi connectivity index (χ1v) is 7.46. The van der Waals surface area contributed by atoms with Crippen LogP contribution in [0.5, 0.6) is 5.75 Å². The van der Waals surface area contributed by atoms with Crippen molar-refractivity contribution < 1.29 is 9.13 Å². The lowest BCUT2D eigenvalue weighted by Crippen LogP contribution is -2.10. The SMILES string of the molecule is CCOc1ccc(NC(CC)c2cccc(F)c2)cc1Cl. The quantitative estimate of drug-likeness (QED) is 0.767. The van der Waals surface area contributed by atoms with Crippen LogP contribution in [0.25, 0.3) is 0 Å². The van der Waals surface area contributed by atoms with Gasteiger partial charge in [-0.05, 0) is 49.2 Å². The summed E-state index contributed by atoms with van der Waals surface area (Å²) in [6, 6.07) is 12.3. The summed E-state index contributed by atoms with van der Waals surface area (Å²) in [6.07, 6.45) is 0.842. The number of benzene rings is 2. The second kappa shape index (κ2) is 7.32. The van der Waals surface area contributed by atoms with Gasteiger partial charge in [-0.3, -0.25) is 0 Å². The predicted molar refractivity (Wildman–Crippen MR) is 85.7 cm³/mol. The highest BCUT2D eigenvalue weighted by atomic mass is 35.5. The summed E-state index contributed by atoms with van der Waals surface area (Å²) in [5, 5.41) is 3.94. The molecule has 0 aliphatic carbocycles. The lowest BCUT2D eigenvalue weighted by molar-refractivity contribution is 0.340. The van der Waals surface area contributed by atoms with Gasteiger partial charge in [0.15, 0.2) is 0 Å². The number of rotatable bonds is 6. The van der Waals surface area contributed by atoms with E-state index in [4.69, 9.17) is 16.3 Å². The summed E-state index contributed by atoms with van der Waals surface area (Å²) in [4.78, 5) is 0. The molecule has 2 aromatic carbocycles. The smallest absolute Gasteiger partial charge is 0.138 e. The minimum atomic E-state index is -0.225. The summed E-state index contributed by atoms with van der Waals surface area (Å²) < 4.78 is 18.8. The summed E-state index contributed by atoms with van der Waals surface area (Å²) in [6.45, 7) is 4.55. The van der Waals surface area contributed by atoms with Crippen LogP contribution in [0.15, 0.2) is 42.5 Å². The van der Waals surface area contributed by atoms with E-state index in [-0.39, 0.29) is 11.9 Å². The van der Waals surface area contributed by atoms with E-state index in [1.165, 1.54) is 6.07 Å². The Kier molecular flexibility index (Phi) is 5.45. The first-order valence-electron chi connectivity index (χ1n) is 7.08. The topological polar surface area (TPSA) is 21.3 Å². The van der Waals surface area contributed by atoms with Crippen LogP contribution in [0.3, 0.4) is 0 Å². The van der Waals surface area contributed by atoms with Gasteiger partial charge >= 0.3 is 0 Å².